The van der Waals surface area contributed by atoms with Crippen molar-refractivity contribution in [2.24, 2.45) is 0 Å². The zero-order chi connectivity index (χ0) is 25.6. The SMILES string of the molecule is COc1ccc([C@H](CC(=O)NCc2ccncc2)c2cn(Cc3ccc(F)cc3)c3ccccc23)cc1. The number of pyridine rings is 1. The number of aromatic nitrogens is 2. The molecule has 186 valence electrons. The van der Waals surface area contributed by atoms with E-state index in [1.165, 1.54) is 12.1 Å². The number of halogens is 1. The summed E-state index contributed by atoms with van der Waals surface area (Å²) in [5.41, 5.74) is 5.18. The van der Waals surface area contributed by atoms with Crippen LogP contribution < -0.4 is 10.1 Å². The van der Waals surface area contributed by atoms with Crippen LogP contribution in [0.3, 0.4) is 0 Å². The van der Waals surface area contributed by atoms with Crippen LogP contribution in [0.5, 0.6) is 5.75 Å². The van der Waals surface area contributed by atoms with E-state index in [0.717, 1.165) is 38.9 Å². The van der Waals surface area contributed by atoms with E-state index < -0.39 is 0 Å². The number of methoxy groups -OCH3 is 1. The average Bonchev–Trinajstić information content (AvgIpc) is 3.30. The molecule has 5 rings (SSSR count). The summed E-state index contributed by atoms with van der Waals surface area (Å²) in [4.78, 5) is 17.2. The Kier molecular flexibility index (Phi) is 7.26. The fraction of sp³-hybridized carbons (Fsp3) is 0.161. The number of rotatable bonds is 9. The van der Waals surface area contributed by atoms with Crippen LogP contribution in [0.4, 0.5) is 4.39 Å². The Balaban J connectivity index is 1.49. The Morgan fingerprint density at radius 1 is 0.946 bits per heavy atom. The van der Waals surface area contributed by atoms with Crippen LogP contribution in [-0.4, -0.2) is 22.6 Å². The van der Waals surface area contributed by atoms with Gasteiger partial charge in [0.05, 0.1) is 7.11 Å². The van der Waals surface area contributed by atoms with Crippen LogP contribution in [0.15, 0.2) is 104 Å². The van der Waals surface area contributed by atoms with Gasteiger partial charge in [0.25, 0.3) is 0 Å². The van der Waals surface area contributed by atoms with Crippen LogP contribution in [0.2, 0.25) is 0 Å². The molecule has 37 heavy (non-hydrogen) atoms. The molecule has 0 aliphatic rings. The summed E-state index contributed by atoms with van der Waals surface area (Å²) in [6, 6.07) is 26.4. The van der Waals surface area contributed by atoms with Gasteiger partial charge in [0.1, 0.15) is 11.6 Å². The Labute approximate surface area is 215 Å². The lowest BCUT2D eigenvalue weighted by atomic mass is 9.88. The van der Waals surface area contributed by atoms with Gasteiger partial charge in [0, 0.05) is 54.9 Å². The van der Waals surface area contributed by atoms with Gasteiger partial charge >= 0.3 is 0 Å². The number of carbonyl (C=O) groups excluding carboxylic acids is 1. The molecule has 0 aliphatic carbocycles. The van der Waals surface area contributed by atoms with E-state index in [1.807, 2.05) is 48.5 Å². The second-order valence-electron chi connectivity index (χ2n) is 9.02. The number of fused-ring (bicyclic) bond motifs is 1. The molecule has 6 heteroatoms. The molecular formula is C31H28FN3O2. The van der Waals surface area contributed by atoms with Gasteiger partial charge in [-0.1, -0.05) is 42.5 Å². The maximum absolute atomic E-state index is 13.5. The van der Waals surface area contributed by atoms with Crippen molar-refractivity contribution in [1.29, 1.82) is 0 Å². The number of carbonyl (C=O) groups is 1. The molecule has 5 aromatic rings. The van der Waals surface area contributed by atoms with Crippen molar-refractivity contribution < 1.29 is 13.9 Å². The zero-order valence-electron chi connectivity index (χ0n) is 20.6. The summed E-state index contributed by atoms with van der Waals surface area (Å²) in [6.45, 7) is 1.05. The maximum atomic E-state index is 13.5. The van der Waals surface area contributed by atoms with Crippen molar-refractivity contribution in [1.82, 2.24) is 14.9 Å². The van der Waals surface area contributed by atoms with Crippen molar-refractivity contribution in [2.45, 2.75) is 25.4 Å². The Bertz CT molecular complexity index is 1480. The third-order valence-electron chi connectivity index (χ3n) is 6.61. The van der Waals surface area contributed by atoms with E-state index in [4.69, 9.17) is 4.74 Å². The van der Waals surface area contributed by atoms with Crippen LogP contribution >= 0.6 is 0 Å². The van der Waals surface area contributed by atoms with Crippen molar-refractivity contribution in [3.8, 4) is 5.75 Å². The normalized spacial score (nSPS) is 11.8. The highest BCUT2D eigenvalue weighted by Crippen LogP contribution is 2.36. The lowest BCUT2D eigenvalue weighted by Gasteiger charge is -2.18. The first kappa shape index (κ1) is 24.3. The van der Waals surface area contributed by atoms with Crippen LogP contribution in [0, 0.1) is 5.82 Å². The number of ether oxygens (including phenoxy) is 1. The summed E-state index contributed by atoms with van der Waals surface area (Å²) >= 11 is 0. The van der Waals surface area contributed by atoms with Gasteiger partial charge in [-0.05, 0) is 64.7 Å². The fourth-order valence-corrected chi connectivity index (χ4v) is 4.67. The first-order valence-corrected chi connectivity index (χ1v) is 12.2. The van der Waals surface area contributed by atoms with E-state index in [9.17, 15) is 9.18 Å². The number of para-hydroxylation sites is 1. The molecule has 1 amide bonds. The highest BCUT2D eigenvalue weighted by atomic mass is 19.1. The molecule has 0 saturated heterocycles. The topological polar surface area (TPSA) is 56.1 Å². The largest absolute Gasteiger partial charge is 0.497 e. The molecule has 0 saturated carbocycles. The van der Waals surface area contributed by atoms with Crippen molar-refractivity contribution >= 4 is 16.8 Å². The van der Waals surface area contributed by atoms with Crippen molar-refractivity contribution in [3.05, 3.63) is 132 Å². The van der Waals surface area contributed by atoms with Gasteiger partial charge in [-0.25, -0.2) is 4.39 Å². The standard InChI is InChI=1S/C31H28FN3O2/c1-37-26-12-8-24(9-13-26)28(18-31(36)34-19-22-14-16-33-17-15-22)29-21-35(30-5-3-2-4-27(29)30)20-23-6-10-25(32)11-7-23/h2-17,21,28H,18-20H2,1H3,(H,34,36)/t28-/m0/s1. The van der Waals surface area contributed by atoms with Gasteiger partial charge in [-0.3, -0.25) is 9.78 Å². The summed E-state index contributed by atoms with van der Waals surface area (Å²) in [6.07, 6.45) is 5.86. The molecule has 5 nitrogen and oxygen atoms in total. The number of benzene rings is 3. The van der Waals surface area contributed by atoms with Gasteiger partial charge in [-0.2, -0.15) is 0 Å². The van der Waals surface area contributed by atoms with Crippen LogP contribution in [0.1, 0.15) is 34.6 Å². The Hall–Kier alpha value is -4.45. The van der Waals surface area contributed by atoms with Crippen LogP contribution in [-0.2, 0) is 17.9 Å². The van der Waals surface area contributed by atoms with E-state index in [1.54, 1.807) is 31.6 Å². The average molecular weight is 494 g/mol. The Morgan fingerprint density at radius 3 is 2.41 bits per heavy atom. The number of hydrogen-bond acceptors (Lipinski definition) is 3. The molecule has 0 unspecified atom stereocenters. The monoisotopic (exact) mass is 493 g/mol. The third kappa shape index (κ3) is 5.70. The van der Waals surface area contributed by atoms with Crippen molar-refractivity contribution in [2.75, 3.05) is 7.11 Å². The van der Waals surface area contributed by atoms with Gasteiger partial charge < -0.3 is 14.6 Å². The quantitative estimate of drug-likeness (QED) is 0.271. The van der Waals surface area contributed by atoms with Crippen molar-refractivity contribution in [3.63, 3.8) is 0 Å². The van der Waals surface area contributed by atoms with Gasteiger partial charge in [0.15, 0.2) is 0 Å². The molecule has 1 atom stereocenters. The second kappa shape index (κ2) is 11.1. The predicted octanol–water partition coefficient (Wildman–Crippen LogP) is 6.07. The third-order valence-corrected chi connectivity index (χ3v) is 6.61. The number of nitrogens with one attached hydrogen (secondary N) is 1. The first-order chi connectivity index (χ1) is 18.1. The second-order valence-corrected chi connectivity index (χ2v) is 9.02. The van der Waals surface area contributed by atoms with Gasteiger partial charge in [-0.15, -0.1) is 0 Å². The predicted molar refractivity (Wildman–Crippen MR) is 143 cm³/mol. The van der Waals surface area contributed by atoms with E-state index in [0.29, 0.717) is 19.5 Å². The number of nitrogens with zero attached hydrogens (tertiary/aromatic N) is 2. The minimum atomic E-state index is -0.251. The van der Waals surface area contributed by atoms with E-state index in [-0.39, 0.29) is 17.6 Å². The number of hydrogen-bond donors (Lipinski definition) is 1. The molecular weight excluding hydrogens is 465 g/mol. The fourth-order valence-electron chi connectivity index (χ4n) is 4.67. The summed E-state index contributed by atoms with van der Waals surface area (Å²) in [5, 5.41) is 4.15. The van der Waals surface area contributed by atoms with Gasteiger partial charge in [0.2, 0.25) is 5.91 Å². The highest BCUT2D eigenvalue weighted by Gasteiger charge is 2.23. The first-order valence-electron chi connectivity index (χ1n) is 12.2. The lowest BCUT2D eigenvalue weighted by molar-refractivity contribution is -0.121. The maximum Gasteiger partial charge on any atom is 0.221 e. The molecule has 1 N–H and O–H groups in total. The number of amides is 1. The van der Waals surface area contributed by atoms with Crippen LogP contribution in [0.25, 0.3) is 10.9 Å². The summed E-state index contributed by atoms with van der Waals surface area (Å²) in [5.74, 6) is 0.318. The summed E-state index contributed by atoms with van der Waals surface area (Å²) < 4.78 is 21.0. The van der Waals surface area contributed by atoms with E-state index in [2.05, 4.69) is 33.2 Å². The molecule has 0 aliphatic heterocycles. The molecule has 0 bridgehead atoms. The molecule has 2 aromatic heterocycles. The molecule has 0 radical (unpaired) electrons. The highest BCUT2D eigenvalue weighted by molar-refractivity contribution is 5.86. The molecule has 0 spiro atoms. The molecule has 0 fully saturated rings. The molecule has 2 heterocycles. The molecule has 3 aromatic carbocycles. The minimum absolute atomic E-state index is 0.0343. The summed E-state index contributed by atoms with van der Waals surface area (Å²) in [7, 11) is 1.64. The Morgan fingerprint density at radius 2 is 1.68 bits per heavy atom. The zero-order valence-corrected chi connectivity index (χ0v) is 20.6. The smallest absolute Gasteiger partial charge is 0.221 e. The minimum Gasteiger partial charge on any atom is -0.497 e. The lowest BCUT2D eigenvalue weighted by Crippen LogP contribution is -2.25. The van der Waals surface area contributed by atoms with E-state index >= 15 is 0 Å².